The Morgan fingerprint density at radius 3 is 2.56 bits per heavy atom. The maximum absolute atomic E-state index is 13.0. The second-order valence-corrected chi connectivity index (χ2v) is 6.06. The molecule has 0 bridgehead atoms. The van der Waals surface area contributed by atoms with Crippen molar-refractivity contribution in [2.45, 2.75) is 13.0 Å². The van der Waals surface area contributed by atoms with Crippen LogP contribution in [0.3, 0.4) is 0 Å². The first-order valence-electron chi connectivity index (χ1n) is 8.09. The lowest BCUT2D eigenvalue weighted by molar-refractivity contribution is 0.0914. The van der Waals surface area contributed by atoms with E-state index in [1.54, 1.807) is 18.2 Å². The standard InChI is InChI=1S/C21H16FNO2/c1-13(14-6-9-16(22)10-7-14)23-21(24)20-12-18-17-5-3-2-4-15(17)8-11-19(18)25-20/h2-13H,1H3,(H,23,24)/t13-/m1/s1. The minimum absolute atomic E-state index is 0.252. The van der Waals surface area contributed by atoms with Crippen LogP contribution in [0.4, 0.5) is 4.39 Å². The van der Waals surface area contributed by atoms with Gasteiger partial charge in [-0.3, -0.25) is 4.79 Å². The van der Waals surface area contributed by atoms with Gasteiger partial charge >= 0.3 is 0 Å². The Labute approximate surface area is 144 Å². The van der Waals surface area contributed by atoms with Gasteiger partial charge in [-0.2, -0.15) is 0 Å². The van der Waals surface area contributed by atoms with Gasteiger partial charge in [0.25, 0.3) is 5.91 Å². The Morgan fingerprint density at radius 1 is 1.00 bits per heavy atom. The molecule has 0 unspecified atom stereocenters. The van der Waals surface area contributed by atoms with Gasteiger partial charge in [-0.25, -0.2) is 4.39 Å². The number of carbonyl (C=O) groups is 1. The summed E-state index contributed by atoms with van der Waals surface area (Å²) in [7, 11) is 0. The van der Waals surface area contributed by atoms with Crippen LogP contribution < -0.4 is 5.32 Å². The van der Waals surface area contributed by atoms with Crippen LogP contribution in [0.15, 0.2) is 71.1 Å². The van der Waals surface area contributed by atoms with Crippen molar-refractivity contribution in [3.63, 3.8) is 0 Å². The van der Waals surface area contributed by atoms with Gasteiger partial charge in [0.05, 0.1) is 6.04 Å². The first-order chi connectivity index (χ1) is 12.1. The number of halogens is 1. The molecule has 4 heteroatoms. The summed E-state index contributed by atoms with van der Waals surface area (Å²) in [5.41, 5.74) is 1.51. The maximum atomic E-state index is 13.0. The fourth-order valence-electron chi connectivity index (χ4n) is 3.01. The van der Waals surface area contributed by atoms with Gasteiger partial charge in [0.2, 0.25) is 0 Å². The molecule has 0 radical (unpaired) electrons. The van der Waals surface area contributed by atoms with E-state index in [4.69, 9.17) is 4.42 Å². The van der Waals surface area contributed by atoms with Crippen LogP contribution >= 0.6 is 0 Å². The number of hydrogen-bond acceptors (Lipinski definition) is 2. The van der Waals surface area contributed by atoms with Crippen LogP contribution in [-0.2, 0) is 0 Å². The van der Waals surface area contributed by atoms with E-state index >= 15 is 0 Å². The molecule has 3 aromatic carbocycles. The summed E-state index contributed by atoms with van der Waals surface area (Å²) in [6, 6.07) is 19.4. The van der Waals surface area contributed by atoms with Gasteiger partial charge in [0, 0.05) is 5.39 Å². The molecule has 25 heavy (non-hydrogen) atoms. The third-order valence-electron chi connectivity index (χ3n) is 4.37. The summed E-state index contributed by atoms with van der Waals surface area (Å²) in [6.07, 6.45) is 0. The average molecular weight is 333 g/mol. The molecule has 1 N–H and O–H groups in total. The molecule has 0 spiro atoms. The van der Waals surface area contributed by atoms with E-state index in [1.807, 2.05) is 43.3 Å². The van der Waals surface area contributed by atoms with E-state index in [2.05, 4.69) is 5.32 Å². The zero-order valence-corrected chi connectivity index (χ0v) is 13.6. The van der Waals surface area contributed by atoms with Crippen molar-refractivity contribution in [2.24, 2.45) is 0 Å². The highest BCUT2D eigenvalue weighted by Gasteiger charge is 2.16. The van der Waals surface area contributed by atoms with E-state index in [-0.39, 0.29) is 23.5 Å². The van der Waals surface area contributed by atoms with E-state index in [9.17, 15) is 9.18 Å². The van der Waals surface area contributed by atoms with Crippen LogP contribution in [0.5, 0.6) is 0 Å². The largest absolute Gasteiger partial charge is 0.451 e. The molecular weight excluding hydrogens is 317 g/mol. The first-order valence-corrected chi connectivity index (χ1v) is 8.09. The first kappa shape index (κ1) is 15.4. The second-order valence-electron chi connectivity index (χ2n) is 6.06. The minimum Gasteiger partial charge on any atom is -0.451 e. The fourth-order valence-corrected chi connectivity index (χ4v) is 3.01. The highest BCUT2D eigenvalue weighted by atomic mass is 19.1. The zero-order valence-electron chi connectivity index (χ0n) is 13.6. The van der Waals surface area contributed by atoms with Crippen molar-refractivity contribution in [3.8, 4) is 0 Å². The Morgan fingerprint density at radius 2 is 1.76 bits per heavy atom. The number of benzene rings is 3. The molecular formula is C21H16FNO2. The molecule has 0 aliphatic heterocycles. The van der Waals surface area contributed by atoms with E-state index in [0.29, 0.717) is 5.58 Å². The highest BCUT2D eigenvalue weighted by Crippen LogP contribution is 2.28. The van der Waals surface area contributed by atoms with E-state index in [0.717, 1.165) is 21.7 Å². The molecule has 1 aromatic heterocycles. The van der Waals surface area contributed by atoms with Gasteiger partial charge in [-0.15, -0.1) is 0 Å². The van der Waals surface area contributed by atoms with Crippen LogP contribution in [0, 0.1) is 5.82 Å². The number of hydrogen-bond donors (Lipinski definition) is 1. The molecule has 4 aromatic rings. The predicted molar refractivity (Wildman–Crippen MR) is 96.0 cm³/mol. The average Bonchev–Trinajstić information content (AvgIpc) is 3.07. The molecule has 0 saturated carbocycles. The molecule has 1 heterocycles. The van der Waals surface area contributed by atoms with Crippen molar-refractivity contribution >= 4 is 27.6 Å². The summed E-state index contributed by atoms with van der Waals surface area (Å²) in [5.74, 6) is -0.330. The summed E-state index contributed by atoms with van der Waals surface area (Å²) >= 11 is 0. The fraction of sp³-hybridized carbons (Fsp3) is 0.0952. The third-order valence-corrected chi connectivity index (χ3v) is 4.37. The molecule has 124 valence electrons. The van der Waals surface area contributed by atoms with Crippen molar-refractivity contribution in [3.05, 3.63) is 83.9 Å². The summed E-state index contributed by atoms with van der Waals surface area (Å²) in [6.45, 7) is 1.85. The number of fused-ring (bicyclic) bond motifs is 3. The lowest BCUT2D eigenvalue weighted by atomic mass is 10.1. The van der Waals surface area contributed by atoms with Crippen LogP contribution in [-0.4, -0.2) is 5.91 Å². The van der Waals surface area contributed by atoms with Gasteiger partial charge in [0.15, 0.2) is 5.76 Å². The van der Waals surface area contributed by atoms with Gasteiger partial charge in [-0.1, -0.05) is 42.5 Å². The van der Waals surface area contributed by atoms with Crippen LogP contribution in [0.1, 0.15) is 29.1 Å². The normalized spacial score (nSPS) is 12.4. The lowest BCUT2D eigenvalue weighted by Gasteiger charge is -2.13. The Kier molecular flexibility index (Phi) is 3.73. The van der Waals surface area contributed by atoms with Crippen molar-refractivity contribution < 1.29 is 13.6 Å². The zero-order chi connectivity index (χ0) is 17.4. The molecule has 3 nitrogen and oxygen atoms in total. The van der Waals surface area contributed by atoms with Crippen LogP contribution in [0.2, 0.25) is 0 Å². The molecule has 0 aliphatic carbocycles. The van der Waals surface area contributed by atoms with Gasteiger partial charge in [0.1, 0.15) is 11.4 Å². The number of carbonyl (C=O) groups excluding carboxylic acids is 1. The summed E-state index contributed by atoms with van der Waals surface area (Å²) < 4.78 is 18.7. The van der Waals surface area contributed by atoms with E-state index in [1.165, 1.54) is 12.1 Å². The molecule has 0 aliphatic rings. The number of amides is 1. The molecule has 1 amide bonds. The Hall–Kier alpha value is -3.14. The number of nitrogens with one attached hydrogen (secondary N) is 1. The molecule has 0 saturated heterocycles. The highest BCUT2D eigenvalue weighted by molar-refractivity contribution is 6.08. The minimum atomic E-state index is -0.300. The lowest BCUT2D eigenvalue weighted by Crippen LogP contribution is -2.26. The Bertz CT molecular complexity index is 1070. The van der Waals surface area contributed by atoms with E-state index < -0.39 is 0 Å². The third kappa shape index (κ3) is 2.87. The van der Waals surface area contributed by atoms with Gasteiger partial charge < -0.3 is 9.73 Å². The molecule has 4 rings (SSSR count). The van der Waals surface area contributed by atoms with Gasteiger partial charge in [-0.05, 0) is 47.5 Å². The number of rotatable bonds is 3. The topological polar surface area (TPSA) is 42.2 Å². The van der Waals surface area contributed by atoms with Crippen molar-refractivity contribution in [1.82, 2.24) is 5.32 Å². The Balaban J connectivity index is 1.63. The SMILES string of the molecule is C[C@@H](NC(=O)c1cc2c(ccc3ccccc32)o1)c1ccc(F)cc1. The monoisotopic (exact) mass is 333 g/mol. The maximum Gasteiger partial charge on any atom is 0.287 e. The predicted octanol–water partition coefficient (Wildman–Crippen LogP) is 5.22. The van der Waals surface area contributed by atoms with Crippen molar-refractivity contribution in [2.75, 3.05) is 0 Å². The summed E-state index contributed by atoms with van der Waals surface area (Å²) in [5, 5.41) is 5.95. The quantitative estimate of drug-likeness (QED) is 0.559. The van der Waals surface area contributed by atoms with Crippen molar-refractivity contribution in [1.29, 1.82) is 0 Å². The second kappa shape index (κ2) is 6.06. The number of furan rings is 1. The smallest absolute Gasteiger partial charge is 0.287 e. The molecule has 0 fully saturated rings. The van der Waals surface area contributed by atoms with Crippen LogP contribution in [0.25, 0.3) is 21.7 Å². The molecule has 1 atom stereocenters. The summed E-state index contributed by atoms with van der Waals surface area (Å²) in [4.78, 5) is 12.5.